The lowest BCUT2D eigenvalue weighted by atomic mass is 9.92. The van der Waals surface area contributed by atoms with E-state index in [1.807, 2.05) is 4.90 Å². The molecule has 0 aliphatic carbocycles. The zero-order valence-electron chi connectivity index (χ0n) is 11.1. The van der Waals surface area contributed by atoms with Crippen molar-refractivity contribution >= 4 is 18.3 Å². The number of hydrogen-bond acceptors (Lipinski definition) is 3. The van der Waals surface area contributed by atoms with Gasteiger partial charge in [0.05, 0.1) is 12.5 Å². The summed E-state index contributed by atoms with van der Waals surface area (Å²) in [7, 11) is 0. The molecule has 5 heteroatoms. The molecule has 2 aliphatic rings. The highest BCUT2D eigenvalue weighted by atomic mass is 35.5. The van der Waals surface area contributed by atoms with Crippen LogP contribution in [0.25, 0.3) is 0 Å². The smallest absolute Gasteiger partial charge is 0.225 e. The summed E-state index contributed by atoms with van der Waals surface area (Å²) in [4.78, 5) is 14.2. The second-order valence-corrected chi connectivity index (χ2v) is 5.45. The highest BCUT2D eigenvalue weighted by Gasteiger charge is 2.30. The molecule has 3 atom stereocenters. The molecular weight excluding hydrogens is 252 g/mol. The highest BCUT2D eigenvalue weighted by molar-refractivity contribution is 5.85. The summed E-state index contributed by atoms with van der Waals surface area (Å²) in [5.41, 5.74) is 5.78. The number of carbonyl (C=O) groups excluding carboxylic acids is 1. The maximum Gasteiger partial charge on any atom is 0.225 e. The Hall–Kier alpha value is -0.320. The zero-order chi connectivity index (χ0) is 12.3. The Labute approximate surface area is 116 Å². The molecule has 2 fully saturated rings. The van der Waals surface area contributed by atoms with Crippen LogP contribution in [0.15, 0.2) is 0 Å². The number of ether oxygens (including phenoxy) is 1. The topological polar surface area (TPSA) is 55.6 Å². The molecule has 0 aromatic rings. The molecule has 0 radical (unpaired) electrons. The molecule has 2 N–H and O–H groups in total. The van der Waals surface area contributed by atoms with Gasteiger partial charge in [0.15, 0.2) is 0 Å². The van der Waals surface area contributed by atoms with Crippen LogP contribution in [-0.2, 0) is 9.53 Å². The van der Waals surface area contributed by atoms with Crippen LogP contribution < -0.4 is 5.73 Å². The van der Waals surface area contributed by atoms with E-state index in [4.69, 9.17) is 10.5 Å². The van der Waals surface area contributed by atoms with Crippen molar-refractivity contribution < 1.29 is 9.53 Å². The SMILES string of the molecule is CC1CCN(C(=O)CC2CCCO2)C(CN)C1.Cl. The van der Waals surface area contributed by atoms with E-state index in [1.54, 1.807) is 0 Å². The van der Waals surface area contributed by atoms with Crippen molar-refractivity contribution in [3.63, 3.8) is 0 Å². The van der Waals surface area contributed by atoms with Crippen LogP contribution in [0.3, 0.4) is 0 Å². The van der Waals surface area contributed by atoms with E-state index >= 15 is 0 Å². The van der Waals surface area contributed by atoms with Gasteiger partial charge in [-0.25, -0.2) is 0 Å². The first kappa shape index (κ1) is 15.7. The number of amides is 1. The molecule has 0 aromatic carbocycles. The highest BCUT2D eigenvalue weighted by Crippen LogP contribution is 2.24. The monoisotopic (exact) mass is 276 g/mol. The van der Waals surface area contributed by atoms with Crippen molar-refractivity contribution in [2.24, 2.45) is 11.7 Å². The molecule has 0 spiro atoms. The zero-order valence-corrected chi connectivity index (χ0v) is 12.0. The van der Waals surface area contributed by atoms with Gasteiger partial charge in [0.25, 0.3) is 0 Å². The van der Waals surface area contributed by atoms with E-state index in [0.29, 0.717) is 18.9 Å². The van der Waals surface area contributed by atoms with Gasteiger partial charge in [-0.1, -0.05) is 6.92 Å². The van der Waals surface area contributed by atoms with Crippen LogP contribution in [-0.4, -0.2) is 42.6 Å². The minimum atomic E-state index is 0. The van der Waals surface area contributed by atoms with Crippen molar-refractivity contribution in [1.82, 2.24) is 4.90 Å². The van der Waals surface area contributed by atoms with Gasteiger partial charge in [0.2, 0.25) is 5.91 Å². The van der Waals surface area contributed by atoms with E-state index < -0.39 is 0 Å². The Morgan fingerprint density at radius 3 is 2.83 bits per heavy atom. The number of halogens is 1. The van der Waals surface area contributed by atoms with Crippen LogP contribution in [0.2, 0.25) is 0 Å². The van der Waals surface area contributed by atoms with Crippen LogP contribution in [0.1, 0.15) is 39.0 Å². The molecule has 4 nitrogen and oxygen atoms in total. The predicted molar refractivity (Wildman–Crippen MR) is 73.8 cm³/mol. The van der Waals surface area contributed by atoms with Crippen LogP contribution in [0.5, 0.6) is 0 Å². The fourth-order valence-corrected chi connectivity index (χ4v) is 2.92. The van der Waals surface area contributed by atoms with Gasteiger partial charge in [0.1, 0.15) is 0 Å². The summed E-state index contributed by atoms with van der Waals surface area (Å²) in [6.45, 7) is 4.51. The molecule has 106 valence electrons. The van der Waals surface area contributed by atoms with Crippen molar-refractivity contribution in [3.8, 4) is 0 Å². The lowest BCUT2D eigenvalue weighted by Crippen LogP contribution is -2.49. The maximum absolute atomic E-state index is 12.2. The van der Waals surface area contributed by atoms with Gasteiger partial charge in [-0.3, -0.25) is 4.79 Å². The number of carbonyl (C=O) groups is 1. The molecule has 0 aromatic heterocycles. The first-order chi connectivity index (χ1) is 8.20. The summed E-state index contributed by atoms with van der Waals surface area (Å²) in [5.74, 6) is 0.926. The van der Waals surface area contributed by atoms with E-state index in [9.17, 15) is 4.79 Å². The Morgan fingerprint density at radius 1 is 1.44 bits per heavy atom. The average molecular weight is 277 g/mol. The Kier molecular flexibility index (Phi) is 6.39. The standard InChI is InChI=1S/C13H24N2O2.ClH/c1-10-4-5-15(11(7-10)9-14)13(16)8-12-3-2-6-17-12;/h10-12H,2-9,14H2,1H3;1H. The summed E-state index contributed by atoms with van der Waals surface area (Å²) >= 11 is 0. The van der Waals surface area contributed by atoms with Crippen molar-refractivity contribution in [2.75, 3.05) is 19.7 Å². The summed E-state index contributed by atoms with van der Waals surface area (Å²) in [5, 5.41) is 0. The number of piperidine rings is 1. The van der Waals surface area contributed by atoms with E-state index in [0.717, 1.165) is 38.8 Å². The number of hydrogen-bond donors (Lipinski definition) is 1. The molecule has 3 unspecified atom stereocenters. The van der Waals surface area contributed by atoms with E-state index in [2.05, 4.69) is 6.92 Å². The summed E-state index contributed by atoms with van der Waals surface area (Å²) < 4.78 is 5.53. The lowest BCUT2D eigenvalue weighted by molar-refractivity contribution is -0.137. The minimum absolute atomic E-state index is 0. The normalized spacial score (nSPS) is 32.1. The summed E-state index contributed by atoms with van der Waals surface area (Å²) in [6, 6.07) is 0.243. The first-order valence-corrected chi connectivity index (χ1v) is 6.82. The second kappa shape index (κ2) is 7.31. The molecule has 2 rings (SSSR count). The van der Waals surface area contributed by atoms with Gasteiger partial charge in [0, 0.05) is 25.7 Å². The van der Waals surface area contributed by atoms with Gasteiger partial charge in [-0.05, 0) is 31.6 Å². The Balaban J connectivity index is 0.00000162. The molecule has 0 saturated carbocycles. The number of nitrogens with two attached hydrogens (primary N) is 1. The minimum Gasteiger partial charge on any atom is -0.378 e. The second-order valence-electron chi connectivity index (χ2n) is 5.45. The van der Waals surface area contributed by atoms with Crippen LogP contribution in [0, 0.1) is 5.92 Å². The van der Waals surface area contributed by atoms with Gasteiger partial charge in [-0.2, -0.15) is 0 Å². The third kappa shape index (κ3) is 3.84. The van der Waals surface area contributed by atoms with Gasteiger partial charge in [-0.15, -0.1) is 12.4 Å². The van der Waals surface area contributed by atoms with Crippen LogP contribution in [0.4, 0.5) is 0 Å². The fraction of sp³-hybridized carbons (Fsp3) is 0.923. The fourth-order valence-electron chi connectivity index (χ4n) is 2.92. The summed E-state index contributed by atoms with van der Waals surface area (Å²) in [6.07, 6.45) is 4.98. The number of nitrogens with zero attached hydrogens (tertiary/aromatic N) is 1. The number of likely N-dealkylation sites (tertiary alicyclic amines) is 1. The largest absolute Gasteiger partial charge is 0.378 e. The van der Waals surface area contributed by atoms with Crippen LogP contribution >= 0.6 is 12.4 Å². The van der Waals surface area contributed by atoms with Gasteiger partial charge >= 0.3 is 0 Å². The first-order valence-electron chi connectivity index (χ1n) is 6.82. The molecule has 2 heterocycles. The molecular formula is C13H25ClN2O2. The molecule has 0 bridgehead atoms. The van der Waals surface area contributed by atoms with Crippen molar-refractivity contribution in [3.05, 3.63) is 0 Å². The Bertz CT molecular complexity index is 270. The molecule has 18 heavy (non-hydrogen) atoms. The molecule has 2 saturated heterocycles. The van der Waals surface area contributed by atoms with Gasteiger partial charge < -0.3 is 15.4 Å². The van der Waals surface area contributed by atoms with E-state index in [-0.39, 0.29) is 30.5 Å². The third-order valence-electron chi connectivity index (χ3n) is 4.00. The number of rotatable bonds is 3. The average Bonchev–Trinajstić information content (AvgIpc) is 2.81. The molecule has 2 aliphatic heterocycles. The maximum atomic E-state index is 12.2. The van der Waals surface area contributed by atoms with E-state index in [1.165, 1.54) is 0 Å². The van der Waals surface area contributed by atoms with Crippen molar-refractivity contribution in [1.29, 1.82) is 0 Å². The quantitative estimate of drug-likeness (QED) is 0.851. The van der Waals surface area contributed by atoms with Crippen molar-refractivity contribution in [2.45, 2.75) is 51.2 Å². The predicted octanol–water partition coefficient (Wildman–Crippen LogP) is 1.56. The lowest BCUT2D eigenvalue weighted by Gasteiger charge is -2.38. The Morgan fingerprint density at radius 2 is 2.22 bits per heavy atom. The molecule has 1 amide bonds. The third-order valence-corrected chi connectivity index (χ3v) is 4.00.